The summed E-state index contributed by atoms with van der Waals surface area (Å²) in [6.07, 6.45) is 5.87. The lowest BCUT2D eigenvalue weighted by Crippen LogP contribution is -2.21. The number of allylic oxidation sites excluding steroid dienone is 2. The van der Waals surface area contributed by atoms with Crippen LogP contribution in [0.4, 0.5) is 5.69 Å². The lowest BCUT2D eigenvalue weighted by Gasteiger charge is -2.24. The van der Waals surface area contributed by atoms with Crippen LogP contribution in [-0.2, 0) is 0 Å². The second-order valence-electron chi connectivity index (χ2n) is 6.11. The van der Waals surface area contributed by atoms with E-state index in [1.54, 1.807) is 6.21 Å². The summed E-state index contributed by atoms with van der Waals surface area (Å²) in [5, 5.41) is 0.662. The highest BCUT2D eigenvalue weighted by atomic mass is 35.5. The van der Waals surface area contributed by atoms with Crippen LogP contribution >= 0.6 is 11.6 Å². The first-order valence-corrected chi connectivity index (χ1v) is 9.15. The summed E-state index contributed by atoms with van der Waals surface area (Å²) in [5.41, 5.74) is 4.14. The molecule has 1 aliphatic rings. The second-order valence-corrected chi connectivity index (χ2v) is 6.54. The van der Waals surface area contributed by atoms with Crippen LogP contribution in [0, 0.1) is 0 Å². The predicted molar refractivity (Wildman–Crippen MR) is 111 cm³/mol. The van der Waals surface area contributed by atoms with Gasteiger partial charge in [-0.05, 0) is 62.6 Å². The van der Waals surface area contributed by atoms with E-state index in [-0.39, 0.29) is 0 Å². The van der Waals surface area contributed by atoms with Crippen LogP contribution in [0.5, 0.6) is 5.75 Å². The summed E-state index contributed by atoms with van der Waals surface area (Å²) in [5.74, 6) is 1.64. The molecule has 0 spiro atoms. The molecule has 4 heteroatoms. The Balaban J connectivity index is 1.98. The van der Waals surface area contributed by atoms with Crippen LogP contribution in [0.1, 0.15) is 32.3 Å². The number of anilines is 1. The van der Waals surface area contributed by atoms with Gasteiger partial charge in [0.25, 0.3) is 0 Å². The van der Waals surface area contributed by atoms with Gasteiger partial charge in [-0.2, -0.15) is 0 Å². The topological polar surface area (TPSA) is 24.8 Å². The largest absolute Gasteiger partial charge is 0.440 e. The highest BCUT2D eigenvalue weighted by molar-refractivity contribution is 6.30. The van der Waals surface area contributed by atoms with Gasteiger partial charge in [0.05, 0.1) is 5.70 Å². The minimum Gasteiger partial charge on any atom is -0.440 e. The van der Waals surface area contributed by atoms with Crippen molar-refractivity contribution in [3.8, 4) is 5.75 Å². The van der Waals surface area contributed by atoms with Gasteiger partial charge in [-0.3, -0.25) is 4.99 Å². The predicted octanol–water partition coefficient (Wildman–Crippen LogP) is 6.31. The van der Waals surface area contributed by atoms with Gasteiger partial charge in [-0.25, -0.2) is 0 Å². The van der Waals surface area contributed by atoms with Gasteiger partial charge >= 0.3 is 0 Å². The molecule has 0 bridgehead atoms. The molecule has 0 unspecified atom stereocenters. The maximum absolute atomic E-state index is 6.40. The smallest absolute Gasteiger partial charge is 0.199 e. The molecule has 0 amide bonds. The Morgan fingerprint density at radius 3 is 2.46 bits per heavy atom. The van der Waals surface area contributed by atoms with Crippen molar-refractivity contribution in [2.45, 2.75) is 26.7 Å². The molecule has 0 radical (unpaired) electrons. The van der Waals surface area contributed by atoms with Crippen LogP contribution in [0.3, 0.4) is 0 Å². The quantitative estimate of drug-likeness (QED) is 0.442. The number of hydrogen-bond donors (Lipinski definition) is 0. The van der Waals surface area contributed by atoms with E-state index in [1.165, 1.54) is 5.57 Å². The lowest BCUT2D eigenvalue weighted by atomic mass is 10.1. The Labute approximate surface area is 160 Å². The zero-order valence-corrected chi connectivity index (χ0v) is 16.1. The van der Waals surface area contributed by atoms with Crippen molar-refractivity contribution in [1.82, 2.24) is 0 Å². The molecule has 134 valence electrons. The van der Waals surface area contributed by atoms with Gasteiger partial charge in [-0.15, -0.1) is 0 Å². The molecule has 0 heterocycles. The number of rotatable bonds is 6. The molecule has 2 aromatic rings. The number of aliphatic imine (C=N–C) groups is 1. The average molecular weight is 367 g/mol. The molecule has 0 aromatic heterocycles. The van der Waals surface area contributed by atoms with E-state index in [0.717, 1.165) is 41.4 Å². The summed E-state index contributed by atoms with van der Waals surface area (Å²) in [6.45, 7) is 3.86. The monoisotopic (exact) mass is 366 g/mol. The number of para-hydroxylation sites is 1. The minimum absolute atomic E-state index is 0.662. The van der Waals surface area contributed by atoms with Gasteiger partial charge in [0.15, 0.2) is 5.88 Å². The molecular weight excluding hydrogens is 344 g/mol. The van der Waals surface area contributed by atoms with Crippen LogP contribution in [0.2, 0.25) is 5.02 Å². The second kappa shape index (κ2) is 8.24. The number of ether oxygens (including phenoxy) is 1. The fourth-order valence-electron chi connectivity index (χ4n) is 2.76. The summed E-state index contributed by atoms with van der Waals surface area (Å²) in [7, 11) is 2.03. The molecule has 2 aromatic carbocycles. The first-order valence-electron chi connectivity index (χ1n) is 8.77. The average Bonchev–Trinajstić information content (AvgIpc) is 3.50. The highest BCUT2D eigenvalue weighted by Crippen LogP contribution is 2.38. The van der Waals surface area contributed by atoms with E-state index in [1.807, 2.05) is 63.4 Å². The van der Waals surface area contributed by atoms with Gasteiger partial charge in [0.2, 0.25) is 0 Å². The Morgan fingerprint density at radius 1 is 1.12 bits per heavy atom. The van der Waals surface area contributed by atoms with E-state index in [4.69, 9.17) is 16.3 Å². The van der Waals surface area contributed by atoms with Crippen molar-refractivity contribution in [2.75, 3.05) is 11.9 Å². The number of nitrogens with zero attached hydrogens (tertiary/aromatic N) is 2. The van der Waals surface area contributed by atoms with Gasteiger partial charge < -0.3 is 9.64 Å². The number of benzene rings is 2. The van der Waals surface area contributed by atoms with E-state index in [9.17, 15) is 0 Å². The van der Waals surface area contributed by atoms with Crippen molar-refractivity contribution in [3.63, 3.8) is 0 Å². The van der Waals surface area contributed by atoms with Crippen LogP contribution in [0.25, 0.3) is 5.70 Å². The molecule has 0 aliphatic heterocycles. The van der Waals surface area contributed by atoms with Crippen molar-refractivity contribution >= 4 is 29.2 Å². The Morgan fingerprint density at radius 2 is 1.85 bits per heavy atom. The van der Waals surface area contributed by atoms with E-state index in [0.29, 0.717) is 5.02 Å². The first-order chi connectivity index (χ1) is 12.6. The van der Waals surface area contributed by atoms with Crippen LogP contribution < -0.4 is 9.64 Å². The zero-order valence-electron chi connectivity index (χ0n) is 15.4. The highest BCUT2D eigenvalue weighted by Gasteiger charge is 2.25. The maximum Gasteiger partial charge on any atom is 0.199 e. The fraction of sp³-hybridized carbons (Fsp3) is 0.227. The number of hydrogen-bond acceptors (Lipinski definition) is 3. The van der Waals surface area contributed by atoms with Crippen molar-refractivity contribution in [2.24, 2.45) is 4.99 Å². The van der Waals surface area contributed by atoms with Gasteiger partial charge in [0, 0.05) is 29.5 Å². The lowest BCUT2D eigenvalue weighted by molar-refractivity contribution is 0.408. The molecule has 1 aliphatic carbocycles. The van der Waals surface area contributed by atoms with E-state index < -0.39 is 0 Å². The third kappa shape index (κ3) is 4.17. The molecule has 1 saturated carbocycles. The summed E-state index contributed by atoms with van der Waals surface area (Å²) < 4.78 is 6.40. The third-order valence-corrected chi connectivity index (χ3v) is 4.45. The molecule has 0 saturated heterocycles. The molecule has 26 heavy (non-hydrogen) atoms. The summed E-state index contributed by atoms with van der Waals surface area (Å²) in [4.78, 5) is 6.55. The van der Waals surface area contributed by atoms with E-state index in [2.05, 4.69) is 22.0 Å². The number of halogens is 1. The molecule has 3 nitrogen and oxygen atoms in total. The molecular formula is C22H23ClN2O. The Bertz CT molecular complexity index is 863. The molecule has 0 atom stereocenters. The first kappa shape index (κ1) is 18.3. The summed E-state index contributed by atoms with van der Waals surface area (Å²) in [6, 6.07) is 15.9. The SMILES string of the molecule is C/C=N\C(=C/C)c1cc(Cl)ccc1OC(=C1CC1)N(C)c1ccccc1. The normalized spacial score (nSPS) is 13.8. The van der Waals surface area contributed by atoms with Crippen LogP contribution in [0.15, 0.2) is 71.1 Å². The molecule has 1 fully saturated rings. The standard InChI is InChI=1S/C22H23ClN2O/c1-4-20(24-5-2)19-15-17(23)13-14-21(19)26-22(16-11-12-16)25(3)18-9-7-6-8-10-18/h4-10,13-15H,11-12H2,1-3H3/b20-4-,24-5-. The Kier molecular flexibility index (Phi) is 5.79. The zero-order chi connectivity index (χ0) is 18.5. The fourth-order valence-corrected chi connectivity index (χ4v) is 2.93. The maximum atomic E-state index is 6.40. The van der Waals surface area contributed by atoms with Crippen LogP contribution in [-0.4, -0.2) is 13.3 Å². The van der Waals surface area contributed by atoms with Gasteiger partial charge in [-0.1, -0.05) is 35.9 Å². The Hall–Kier alpha value is -2.52. The van der Waals surface area contributed by atoms with E-state index >= 15 is 0 Å². The van der Waals surface area contributed by atoms with Crippen molar-refractivity contribution in [1.29, 1.82) is 0 Å². The minimum atomic E-state index is 0.662. The van der Waals surface area contributed by atoms with Gasteiger partial charge in [0.1, 0.15) is 5.75 Å². The third-order valence-electron chi connectivity index (χ3n) is 4.22. The van der Waals surface area contributed by atoms with Crippen molar-refractivity contribution < 1.29 is 4.74 Å². The molecule has 0 N–H and O–H groups in total. The molecule has 3 rings (SSSR count). The summed E-state index contributed by atoms with van der Waals surface area (Å²) >= 11 is 6.23. The van der Waals surface area contributed by atoms with Crippen molar-refractivity contribution in [3.05, 3.63) is 76.6 Å².